The van der Waals surface area contributed by atoms with E-state index in [2.05, 4.69) is 27.2 Å². The van der Waals surface area contributed by atoms with Crippen LogP contribution in [0.25, 0.3) is 0 Å². The largest absolute Gasteiger partial charge is 0.465 e. The number of unbranched alkanes of at least 4 members (excludes halogenated alkanes) is 2. The maximum atomic E-state index is 10.8. The summed E-state index contributed by atoms with van der Waals surface area (Å²) in [5.74, 6) is -0.325. The average Bonchev–Trinajstić information content (AvgIpc) is 2.10. The van der Waals surface area contributed by atoms with Gasteiger partial charge in [-0.2, -0.15) is 0 Å². The summed E-state index contributed by atoms with van der Waals surface area (Å²) in [6.07, 6.45) is 6.52. The van der Waals surface area contributed by atoms with Crippen molar-refractivity contribution in [3.05, 3.63) is 23.2 Å². The lowest BCUT2D eigenvalue weighted by atomic mass is 10.2. The van der Waals surface area contributed by atoms with E-state index in [4.69, 9.17) is 0 Å². The molecular formula is C9H13BrO2. The first-order valence-corrected chi connectivity index (χ1v) is 4.56. The van der Waals surface area contributed by atoms with Crippen LogP contribution < -0.4 is 0 Å². The Morgan fingerprint density at radius 3 is 2.75 bits per heavy atom. The minimum absolute atomic E-state index is 0.325. The first kappa shape index (κ1) is 11.4. The van der Waals surface area contributed by atoms with Crippen molar-refractivity contribution in [2.75, 3.05) is 7.11 Å². The van der Waals surface area contributed by atoms with E-state index >= 15 is 0 Å². The van der Waals surface area contributed by atoms with Gasteiger partial charge in [0.15, 0.2) is 0 Å². The number of esters is 1. The van der Waals surface area contributed by atoms with E-state index in [1.165, 1.54) is 7.11 Å². The van der Waals surface area contributed by atoms with Gasteiger partial charge in [0, 0.05) is 0 Å². The molecule has 0 aromatic carbocycles. The Morgan fingerprint density at radius 2 is 2.25 bits per heavy atom. The van der Waals surface area contributed by atoms with Gasteiger partial charge >= 0.3 is 5.97 Å². The van der Waals surface area contributed by atoms with E-state index < -0.39 is 0 Å². The molecule has 3 heteroatoms. The predicted octanol–water partition coefficient (Wildman–Crippen LogP) is 2.79. The van der Waals surface area contributed by atoms with E-state index in [9.17, 15) is 4.79 Å². The molecule has 0 saturated heterocycles. The van der Waals surface area contributed by atoms with E-state index in [1.807, 2.05) is 12.2 Å². The van der Waals surface area contributed by atoms with Crippen molar-refractivity contribution in [1.82, 2.24) is 0 Å². The van der Waals surface area contributed by atoms with Crippen molar-refractivity contribution in [2.24, 2.45) is 0 Å². The fourth-order valence-electron chi connectivity index (χ4n) is 0.672. The molecule has 2 nitrogen and oxygen atoms in total. The van der Waals surface area contributed by atoms with Crippen LogP contribution in [0.5, 0.6) is 0 Å². The molecule has 0 heterocycles. The maximum absolute atomic E-state index is 10.8. The Hall–Kier alpha value is -0.570. The molecule has 0 aromatic rings. The zero-order valence-corrected chi connectivity index (χ0v) is 8.76. The fourth-order valence-corrected chi connectivity index (χ4v) is 1.06. The van der Waals surface area contributed by atoms with Gasteiger partial charge in [0.2, 0.25) is 0 Å². The molecule has 0 rings (SSSR count). The monoisotopic (exact) mass is 232 g/mol. The topological polar surface area (TPSA) is 26.3 Å². The van der Waals surface area contributed by atoms with Crippen LogP contribution in [0.15, 0.2) is 23.2 Å². The highest BCUT2D eigenvalue weighted by atomic mass is 79.9. The Kier molecular flexibility index (Phi) is 6.76. The lowest BCUT2D eigenvalue weighted by molar-refractivity contribution is -0.135. The quantitative estimate of drug-likeness (QED) is 0.316. The fraction of sp³-hybridized carbons (Fsp3) is 0.444. The van der Waals surface area contributed by atoms with Gasteiger partial charge in [-0.15, -0.1) is 6.58 Å². The van der Waals surface area contributed by atoms with Crippen molar-refractivity contribution < 1.29 is 9.53 Å². The molecule has 0 atom stereocenters. The van der Waals surface area contributed by atoms with Gasteiger partial charge in [0.05, 0.1) is 11.6 Å². The van der Waals surface area contributed by atoms with Gasteiger partial charge in [-0.3, -0.25) is 0 Å². The summed E-state index contributed by atoms with van der Waals surface area (Å²) < 4.78 is 4.99. The van der Waals surface area contributed by atoms with Crippen LogP contribution in [-0.4, -0.2) is 13.1 Å². The van der Waals surface area contributed by atoms with Gasteiger partial charge in [-0.25, -0.2) is 4.79 Å². The molecule has 0 aliphatic rings. The highest BCUT2D eigenvalue weighted by Gasteiger charge is 2.02. The Balaban J connectivity index is 3.68. The molecule has 0 unspecified atom stereocenters. The second-order valence-corrected chi connectivity index (χ2v) is 3.12. The van der Waals surface area contributed by atoms with Crippen molar-refractivity contribution in [1.29, 1.82) is 0 Å². The van der Waals surface area contributed by atoms with Crippen molar-refractivity contribution in [3.63, 3.8) is 0 Å². The Labute approximate surface area is 81.4 Å². The minimum atomic E-state index is -0.325. The summed E-state index contributed by atoms with van der Waals surface area (Å²) in [6, 6.07) is 0. The van der Waals surface area contributed by atoms with Gasteiger partial charge in [-0.1, -0.05) is 12.2 Å². The zero-order valence-electron chi connectivity index (χ0n) is 7.18. The van der Waals surface area contributed by atoms with Crippen LogP contribution in [0.4, 0.5) is 0 Å². The number of rotatable bonds is 5. The molecule has 12 heavy (non-hydrogen) atoms. The van der Waals surface area contributed by atoms with Crippen LogP contribution in [-0.2, 0) is 9.53 Å². The number of allylic oxidation sites excluding steroid dienone is 2. The number of hydrogen-bond acceptors (Lipinski definition) is 2. The average molecular weight is 233 g/mol. The molecule has 0 bridgehead atoms. The first-order valence-electron chi connectivity index (χ1n) is 3.77. The van der Waals surface area contributed by atoms with E-state index in [0.717, 1.165) is 19.3 Å². The third-order valence-electron chi connectivity index (χ3n) is 1.32. The summed E-state index contributed by atoms with van der Waals surface area (Å²) in [6.45, 7) is 3.60. The molecule has 0 fully saturated rings. The zero-order chi connectivity index (χ0) is 9.40. The molecule has 0 aliphatic carbocycles. The number of methoxy groups -OCH3 is 1. The molecule has 0 N–H and O–H groups in total. The molecule has 0 amide bonds. The minimum Gasteiger partial charge on any atom is -0.465 e. The lowest BCUT2D eigenvalue weighted by Crippen LogP contribution is -1.98. The van der Waals surface area contributed by atoms with Crippen LogP contribution >= 0.6 is 15.9 Å². The number of ether oxygens (including phenoxy) is 1. The molecule has 0 spiro atoms. The van der Waals surface area contributed by atoms with Crippen molar-refractivity contribution >= 4 is 21.9 Å². The number of carbonyl (C=O) groups excluding carboxylic acids is 1. The molecule has 0 aromatic heterocycles. The first-order chi connectivity index (χ1) is 5.72. The summed E-state index contributed by atoms with van der Waals surface area (Å²) in [7, 11) is 1.36. The standard InChI is InChI=1S/C9H13BrO2/c1-3-4-5-6-7-8(10)9(11)12-2/h3,7H,1,4-6H2,2H3/b8-7-. The smallest absolute Gasteiger partial charge is 0.344 e. The highest BCUT2D eigenvalue weighted by Crippen LogP contribution is 2.09. The highest BCUT2D eigenvalue weighted by molar-refractivity contribution is 9.12. The third kappa shape index (κ3) is 5.13. The number of carbonyl (C=O) groups is 1. The maximum Gasteiger partial charge on any atom is 0.344 e. The summed E-state index contributed by atoms with van der Waals surface area (Å²) in [5, 5.41) is 0. The molecular weight excluding hydrogens is 220 g/mol. The van der Waals surface area contributed by atoms with E-state index in [-0.39, 0.29) is 5.97 Å². The van der Waals surface area contributed by atoms with Gasteiger partial charge in [-0.05, 0) is 35.2 Å². The Bertz CT molecular complexity index is 185. The van der Waals surface area contributed by atoms with Crippen molar-refractivity contribution in [3.8, 4) is 0 Å². The van der Waals surface area contributed by atoms with Gasteiger partial charge in [0.1, 0.15) is 0 Å². The van der Waals surface area contributed by atoms with Crippen LogP contribution in [0.2, 0.25) is 0 Å². The molecule has 0 aliphatic heterocycles. The van der Waals surface area contributed by atoms with E-state index in [1.54, 1.807) is 0 Å². The summed E-state index contributed by atoms with van der Waals surface area (Å²) in [4.78, 5) is 10.8. The predicted molar refractivity (Wildman–Crippen MR) is 53.1 cm³/mol. The SMILES string of the molecule is C=CCCC/C=C(\Br)C(=O)OC. The van der Waals surface area contributed by atoms with Gasteiger partial charge in [0.25, 0.3) is 0 Å². The summed E-state index contributed by atoms with van der Waals surface area (Å²) in [5.41, 5.74) is 0. The second-order valence-electron chi connectivity index (χ2n) is 2.26. The number of halogens is 1. The second kappa shape index (κ2) is 7.10. The van der Waals surface area contributed by atoms with E-state index in [0.29, 0.717) is 4.48 Å². The number of hydrogen-bond donors (Lipinski definition) is 0. The molecule has 68 valence electrons. The third-order valence-corrected chi connectivity index (χ3v) is 1.96. The van der Waals surface area contributed by atoms with Crippen LogP contribution in [0.3, 0.4) is 0 Å². The molecule has 0 saturated carbocycles. The normalized spacial score (nSPS) is 11.0. The van der Waals surface area contributed by atoms with Crippen LogP contribution in [0.1, 0.15) is 19.3 Å². The lowest BCUT2D eigenvalue weighted by Gasteiger charge is -1.95. The Morgan fingerprint density at radius 1 is 1.58 bits per heavy atom. The summed E-state index contributed by atoms with van der Waals surface area (Å²) >= 11 is 3.12. The molecule has 0 radical (unpaired) electrons. The van der Waals surface area contributed by atoms with Crippen molar-refractivity contribution in [2.45, 2.75) is 19.3 Å². The van der Waals surface area contributed by atoms with Crippen LogP contribution in [0, 0.1) is 0 Å². The van der Waals surface area contributed by atoms with Gasteiger partial charge < -0.3 is 4.74 Å².